The number of nitrogens with two attached hydrogens (primary N) is 1. The maximum absolute atomic E-state index is 12.6. The van der Waals surface area contributed by atoms with Gasteiger partial charge in [-0.3, -0.25) is 0 Å². The van der Waals surface area contributed by atoms with Crippen LogP contribution in [0.1, 0.15) is 22.8 Å². The molecule has 0 bridgehead atoms. The third-order valence-corrected chi connectivity index (χ3v) is 5.24. The van der Waals surface area contributed by atoms with Gasteiger partial charge in [-0.15, -0.1) is 0 Å². The van der Waals surface area contributed by atoms with Gasteiger partial charge in [0.15, 0.2) is 11.5 Å². The third kappa shape index (κ3) is 3.86. The maximum Gasteiger partial charge on any atom is 0.415 e. The Morgan fingerprint density at radius 3 is 2.69 bits per heavy atom. The van der Waals surface area contributed by atoms with Gasteiger partial charge in [0.2, 0.25) is 5.88 Å². The fourth-order valence-electron chi connectivity index (χ4n) is 3.70. The lowest BCUT2D eigenvalue weighted by Crippen LogP contribution is -2.42. The van der Waals surface area contributed by atoms with Crippen LogP contribution in [-0.4, -0.2) is 44.4 Å². The fourth-order valence-corrected chi connectivity index (χ4v) is 3.70. The number of benzene rings is 1. The predicted molar refractivity (Wildman–Crippen MR) is 110 cm³/mol. The standard InChI is InChI=1S/C22H21N3O7/c1-12-9-17-19(21(26)30-12)18(14(11-23)20(24)31-17)13-3-4-15(16(10-13)28-2)32-22(27)25-5-7-29-8-6-25/h3-4,9-10,18H,5-8,24H2,1-2H3/t18-/m1/s1. The average Bonchev–Trinajstić information content (AvgIpc) is 2.78. The number of morpholine rings is 1. The van der Waals surface area contributed by atoms with Crippen LogP contribution in [0.15, 0.2) is 44.9 Å². The van der Waals surface area contributed by atoms with Crippen LogP contribution in [0.3, 0.4) is 0 Å². The van der Waals surface area contributed by atoms with Crippen molar-refractivity contribution in [3.05, 3.63) is 63.0 Å². The fraction of sp³-hybridized carbons (Fsp3) is 0.318. The molecule has 0 saturated carbocycles. The lowest BCUT2D eigenvalue weighted by Gasteiger charge is -2.27. The van der Waals surface area contributed by atoms with Crippen LogP contribution in [0, 0.1) is 18.3 Å². The highest BCUT2D eigenvalue weighted by atomic mass is 16.6. The van der Waals surface area contributed by atoms with E-state index in [4.69, 9.17) is 29.1 Å². The molecule has 2 aromatic rings. The average molecular weight is 439 g/mol. The number of hydrogen-bond donors (Lipinski definition) is 1. The highest BCUT2D eigenvalue weighted by molar-refractivity contribution is 5.72. The van der Waals surface area contributed by atoms with Crippen molar-refractivity contribution in [1.82, 2.24) is 4.90 Å². The molecule has 2 N–H and O–H groups in total. The minimum absolute atomic E-state index is 0.0637. The van der Waals surface area contributed by atoms with E-state index in [9.17, 15) is 14.9 Å². The molecule has 10 heteroatoms. The van der Waals surface area contributed by atoms with E-state index in [-0.39, 0.29) is 34.3 Å². The summed E-state index contributed by atoms with van der Waals surface area (Å²) in [5.41, 5.74) is 6.07. The van der Waals surface area contributed by atoms with Crippen molar-refractivity contribution in [1.29, 1.82) is 5.26 Å². The normalized spacial score (nSPS) is 17.8. The number of aryl methyl sites for hydroxylation is 1. The van der Waals surface area contributed by atoms with Crippen LogP contribution >= 0.6 is 0 Å². The second kappa shape index (κ2) is 8.64. The van der Waals surface area contributed by atoms with Gasteiger partial charge in [-0.25, -0.2) is 9.59 Å². The van der Waals surface area contributed by atoms with Crippen molar-refractivity contribution < 1.29 is 28.2 Å². The van der Waals surface area contributed by atoms with E-state index >= 15 is 0 Å². The molecule has 10 nitrogen and oxygen atoms in total. The minimum Gasteiger partial charge on any atom is -0.493 e. The summed E-state index contributed by atoms with van der Waals surface area (Å²) in [6.07, 6.45) is -0.520. The number of rotatable bonds is 3. The highest BCUT2D eigenvalue weighted by Gasteiger charge is 2.35. The van der Waals surface area contributed by atoms with E-state index in [1.807, 2.05) is 6.07 Å². The number of nitriles is 1. The number of carbonyl (C=O) groups is 1. The smallest absolute Gasteiger partial charge is 0.415 e. The van der Waals surface area contributed by atoms with E-state index in [1.165, 1.54) is 12.0 Å². The molecule has 2 aliphatic rings. The van der Waals surface area contributed by atoms with Gasteiger partial charge in [0.1, 0.15) is 23.2 Å². The first-order valence-electron chi connectivity index (χ1n) is 9.87. The van der Waals surface area contributed by atoms with Crippen LogP contribution in [-0.2, 0) is 4.74 Å². The van der Waals surface area contributed by atoms with Crippen molar-refractivity contribution in [3.63, 3.8) is 0 Å². The number of carbonyl (C=O) groups excluding carboxylic acids is 1. The minimum atomic E-state index is -0.835. The zero-order valence-corrected chi connectivity index (χ0v) is 17.5. The van der Waals surface area contributed by atoms with Gasteiger partial charge in [0.25, 0.3) is 0 Å². The second-order valence-electron chi connectivity index (χ2n) is 7.22. The molecule has 1 amide bonds. The summed E-state index contributed by atoms with van der Waals surface area (Å²) in [5.74, 6) is 0.0944. The number of nitrogens with zero attached hydrogens (tertiary/aromatic N) is 2. The van der Waals surface area contributed by atoms with Crippen molar-refractivity contribution in [3.8, 4) is 23.3 Å². The van der Waals surface area contributed by atoms with Gasteiger partial charge in [-0.2, -0.15) is 5.26 Å². The van der Waals surface area contributed by atoms with Gasteiger partial charge < -0.3 is 34.0 Å². The Labute approximate surface area is 183 Å². The Hall–Kier alpha value is -3.97. The number of fused-ring (bicyclic) bond motifs is 1. The molecule has 166 valence electrons. The first-order chi connectivity index (χ1) is 15.4. The molecule has 1 aromatic heterocycles. The molecule has 0 radical (unpaired) electrons. The Morgan fingerprint density at radius 1 is 1.25 bits per heavy atom. The van der Waals surface area contributed by atoms with E-state index in [2.05, 4.69) is 0 Å². The lowest BCUT2D eigenvalue weighted by molar-refractivity contribution is 0.0413. The summed E-state index contributed by atoms with van der Waals surface area (Å²) in [6.45, 7) is 3.37. The molecule has 0 aliphatic carbocycles. The van der Waals surface area contributed by atoms with Crippen molar-refractivity contribution in [2.24, 2.45) is 5.73 Å². The molecule has 1 saturated heterocycles. The molecule has 4 rings (SSSR count). The molecule has 0 unspecified atom stereocenters. The molecule has 1 aromatic carbocycles. The number of amides is 1. The Kier molecular flexibility index (Phi) is 5.75. The molecule has 3 heterocycles. The van der Waals surface area contributed by atoms with Crippen molar-refractivity contribution >= 4 is 6.09 Å². The number of hydrogen-bond acceptors (Lipinski definition) is 9. The summed E-state index contributed by atoms with van der Waals surface area (Å²) in [5, 5.41) is 9.69. The Bertz CT molecular complexity index is 1190. The Morgan fingerprint density at radius 2 is 2.00 bits per heavy atom. The topological polar surface area (TPSA) is 137 Å². The third-order valence-electron chi connectivity index (χ3n) is 5.24. The summed E-state index contributed by atoms with van der Waals surface area (Å²) in [4.78, 5) is 26.6. The lowest BCUT2D eigenvalue weighted by atomic mass is 9.84. The first kappa shape index (κ1) is 21.3. The Balaban J connectivity index is 1.73. The summed E-state index contributed by atoms with van der Waals surface area (Å²) < 4.78 is 26.9. The number of allylic oxidation sites excluding steroid dienone is 1. The maximum atomic E-state index is 12.6. The van der Waals surface area contributed by atoms with E-state index in [1.54, 1.807) is 31.2 Å². The molecule has 1 fully saturated rings. The zero-order valence-electron chi connectivity index (χ0n) is 17.5. The van der Waals surface area contributed by atoms with E-state index < -0.39 is 17.6 Å². The highest BCUT2D eigenvalue weighted by Crippen LogP contribution is 2.42. The SMILES string of the molecule is COc1cc([C@@H]2C(C#N)=C(N)Oc3cc(C)oc(=O)c32)ccc1OC(=O)N1CCOCC1. The summed E-state index contributed by atoms with van der Waals surface area (Å²) in [6, 6.07) is 8.33. The van der Waals surface area contributed by atoms with Crippen LogP contribution in [0.4, 0.5) is 4.79 Å². The molecular weight excluding hydrogens is 418 g/mol. The van der Waals surface area contributed by atoms with Gasteiger partial charge in [-0.05, 0) is 24.6 Å². The zero-order chi connectivity index (χ0) is 22.8. The first-order valence-corrected chi connectivity index (χ1v) is 9.87. The molecule has 2 aliphatic heterocycles. The van der Waals surface area contributed by atoms with Crippen LogP contribution in [0.25, 0.3) is 0 Å². The largest absolute Gasteiger partial charge is 0.493 e. The quantitative estimate of drug-likeness (QED) is 0.761. The van der Waals surface area contributed by atoms with Crippen LogP contribution in [0.5, 0.6) is 17.2 Å². The van der Waals surface area contributed by atoms with E-state index in [0.29, 0.717) is 37.6 Å². The van der Waals surface area contributed by atoms with Gasteiger partial charge in [-0.1, -0.05) is 6.07 Å². The number of methoxy groups -OCH3 is 1. The summed E-state index contributed by atoms with van der Waals surface area (Å²) >= 11 is 0. The van der Waals surface area contributed by atoms with Gasteiger partial charge in [0.05, 0.1) is 31.8 Å². The molecule has 32 heavy (non-hydrogen) atoms. The monoisotopic (exact) mass is 439 g/mol. The van der Waals surface area contributed by atoms with Crippen LogP contribution in [0.2, 0.25) is 0 Å². The predicted octanol–water partition coefficient (Wildman–Crippen LogP) is 2.01. The van der Waals surface area contributed by atoms with E-state index in [0.717, 1.165) is 0 Å². The van der Waals surface area contributed by atoms with Gasteiger partial charge in [0, 0.05) is 19.2 Å². The second-order valence-corrected chi connectivity index (χ2v) is 7.22. The van der Waals surface area contributed by atoms with Crippen molar-refractivity contribution in [2.75, 3.05) is 33.4 Å². The molecular formula is C22H21N3O7. The van der Waals surface area contributed by atoms with Crippen molar-refractivity contribution in [2.45, 2.75) is 12.8 Å². The number of ether oxygens (including phenoxy) is 4. The van der Waals surface area contributed by atoms with Crippen LogP contribution < -0.4 is 25.6 Å². The molecule has 0 spiro atoms. The van der Waals surface area contributed by atoms with Gasteiger partial charge >= 0.3 is 11.7 Å². The molecule has 1 atom stereocenters. The summed E-state index contributed by atoms with van der Waals surface area (Å²) in [7, 11) is 1.43.